The van der Waals surface area contributed by atoms with Crippen LogP contribution in [0.2, 0.25) is 0 Å². The van der Waals surface area contributed by atoms with Gasteiger partial charge in [-0.05, 0) is 47.0 Å². The molecule has 0 radical (unpaired) electrons. The molecule has 3 aromatic heterocycles. The first-order valence-electron chi connectivity index (χ1n) is 20.4. The van der Waals surface area contributed by atoms with E-state index in [0.29, 0.717) is 11.6 Å². The van der Waals surface area contributed by atoms with Gasteiger partial charge in [0.05, 0.1) is 22.8 Å². The predicted octanol–water partition coefficient (Wildman–Crippen LogP) is 14.5. The molecule has 0 aliphatic heterocycles. The average Bonchev–Trinajstić information content (AvgIpc) is 3.73. The molecule has 0 bridgehead atoms. The molecular weight excluding hydrogens is 745 g/mol. The van der Waals surface area contributed by atoms with Crippen LogP contribution in [0.25, 0.3) is 112 Å². The van der Waals surface area contributed by atoms with E-state index in [9.17, 15) is 0 Å². The third-order valence-corrected chi connectivity index (χ3v) is 11.1. The Labute approximate surface area is 353 Å². The van der Waals surface area contributed by atoms with Crippen LogP contribution in [0.1, 0.15) is 0 Å². The number of benzene rings is 8. The number of furan rings is 1. The van der Waals surface area contributed by atoms with Crippen LogP contribution in [0.4, 0.5) is 0 Å². The van der Waals surface area contributed by atoms with Crippen molar-refractivity contribution in [1.29, 1.82) is 0 Å². The van der Waals surface area contributed by atoms with E-state index in [-0.39, 0.29) is 0 Å². The summed E-state index contributed by atoms with van der Waals surface area (Å²) in [5, 5.41) is 2.15. The highest BCUT2D eigenvalue weighted by atomic mass is 16.3. The smallest absolute Gasteiger partial charge is 0.160 e. The molecule has 286 valence electrons. The van der Waals surface area contributed by atoms with Crippen molar-refractivity contribution in [3.63, 3.8) is 0 Å². The Balaban J connectivity index is 1.05. The lowest BCUT2D eigenvalue weighted by Gasteiger charge is -2.14. The van der Waals surface area contributed by atoms with Crippen molar-refractivity contribution >= 4 is 21.9 Å². The molecule has 3 heterocycles. The predicted molar refractivity (Wildman–Crippen MR) is 248 cm³/mol. The first kappa shape index (κ1) is 35.8. The van der Waals surface area contributed by atoms with E-state index in [2.05, 4.69) is 133 Å². The van der Waals surface area contributed by atoms with Gasteiger partial charge in [0, 0.05) is 49.7 Å². The van der Waals surface area contributed by atoms with Crippen LogP contribution in [0.15, 0.2) is 223 Å². The van der Waals surface area contributed by atoms with Crippen LogP contribution in [0.3, 0.4) is 0 Å². The lowest BCUT2D eigenvalue weighted by atomic mass is 9.90. The molecule has 0 saturated carbocycles. The van der Waals surface area contributed by atoms with E-state index in [4.69, 9.17) is 24.4 Å². The average molecular weight is 781 g/mol. The highest BCUT2D eigenvalue weighted by Crippen LogP contribution is 2.43. The van der Waals surface area contributed by atoms with Gasteiger partial charge >= 0.3 is 0 Å². The third-order valence-electron chi connectivity index (χ3n) is 11.1. The van der Waals surface area contributed by atoms with Gasteiger partial charge in [0.1, 0.15) is 11.2 Å². The molecule has 61 heavy (non-hydrogen) atoms. The quantitative estimate of drug-likeness (QED) is 0.154. The molecule has 0 N–H and O–H groups in total. The SMILES string of the molecule is c1ccc(-c2cc(-c3ccc(-c4ccc5c(oc6ccccc65)c4-c4cccc(-c5cc(-c6ccccc6)nc(-c6ccccc6)n5)c4)cc3)nc(-c3ccccc3)n2)cc1. The van der Waals surface area contributed by atoms with E-state index >= 15 is 0 Å². The maximum Gasteiger partial charge on any atom is 0.160 e. The summed E-state index contributed by atoms with van der Waals surface area (Å²) < 4.78 is 6.76. The first-order valence-corrected chi connectivity index (χ1v) is 20.4. The van der Waals surface area contributed by atoms with Gasteiger partial charge in [0.15, 0.2) is 11.6 Å². The summed E-state index contributed by atoms with van der Waals surface area (Å²) in [5.74, 6) is 1.37. The van der Waals surface area contributed by atoms with E-state index in [0.717, 1.165) is 100 Å². The fourth-order valence-corrected chi connectivity index (χ4v) is 8.11. The molecular formula is C56H36N4O. The number of fused-ring (bicyclic) bond motifs is 3. The minimum Gasteiger partial charge on any atom is -0.455 e. The topological polar surface area (TPSA) is 64.7 Å². The van der Waals surface area contributed by atoms with Crippen molar-refractivity contribution < 1.29 is 4.42 Å². The first-order chi connectivity index (χ1) is 30.2. The van der Waals surface area contributed by atoms with Crippen LogP contribution in [0, 0.1) is 0 Å². The Morgan fingerprint density at radius 2 is 0.705 bits per heavy atom. The Morgan fingerprint density at radius 1 is 0.279 bits per heavy atom. The Hall–Kier alpha value is -8.28. The molecule has 11 rings (SSSR count). The minimum absolute atomic E-state index is 0.679. The fraction of sp³-hybridized carbons (Fsp3) is 0. The highest BCUT2D eigenvalue weighted by Gasteiger charge is 2.20. The minimum atomic E-state index is 0.679. The zero-order valence-electron chi connectivity index (χ0n) is 33.0. The summed E-state index contributed by atoms with van der Waals surface area (Å²) in [4.78, 5) is 20.3. The van der Waals surface area contributed by atoms with Crippen molar-refractivity contribution in [3.05, 3.63) is 218 Å². The second kappa shape index (κ2) is 15.5. The number of hydrogen-bond donors (Lipinski definition) is 0. The molecule has 0 saturated heterocycles. The van der Waals surface area contributed by atoms with Gasteiger partial charge in [0.25, 0.3) is 0 Å². The summed E-state index contributed by atoms with van der Waals surface area (Å²) in [7, 11) is 0. The zero-order valence-corrected chi connectivity index (χ0v) is 33.0. The molecule has 5 nitrogen and oxygen atoms in total. The van der Waals surface area contributed by atoms with Gasteiger partial charge in [-0.3, -0.25) is 0 Å². The van der Waals surface area contributed by atoms with Crippen molar-refractivity contribution in [2.24, 2.45) is 0 Å². The summed E-state index contributed by atoms with van der Waals surface area (Å²) in [6, 6.07) is 75.0. The van der Waals surface area contributed by atoms with Crippen LogP contribution in [-0.4, -0.2) is 19.9 Å². The van der Waals surface area contributed by atoms with E-state index in [1.54, 1.807) is 0 Å². The molecule has 0 atom stereocenters. The molecule has 0 fully saturated rings. The fourth-order valence-electron chi connectivity index (χ4n) is 8.11. The molecule has 11 aromatic rings. The molecule has 0 unspecified atom stereocenters. The lowest BCUT2D eigenvalue weighted by Crippen LogP contribution is -1.96. The largest absolute Gasteiger partial charge is 0.455 e. The lowest BCUT2D eigenvalue weighted by molar-refractivity contribution is 0.670. The van der Waals surface area contributed by atoms with Gasteiger partial charge in [-0.25, -0.2) is 19.9 Å². The van der Waals surface area contributed by atoms with Crippen LogP contribution < -0.4 is 0 Å². The second-order valence-corrected chi connectivity index (χ2v) is 15.0. The van der Waals surface area contributed by atoms with Crippen molar-refractivity contribution in [2.45, 2.75) is 0 Å². The molecule has 0 aliphatic carbocycles. The van der Waals surface area contributed by atoms with Gasteiger partial charge in [-0.2, -0.15) is 0 Å². The van der Waals surface area contributed by atoms with Crippen LogP contribution in [0.5, 0.6) is 0 Å². The molecule has 8 aromatic carbocycles. The maximum atomic E-state index is 6.76. The highest BCUT2D eigenvalue weighted by molar-refractivity contribution is 6.13. The second-order valence-electron chi connectivity index (χ2n) is 15.0. The number of hydrogen-bond acceptors (Lipinski definition) is 5. The Morgan fingerprint density at radius 3 is 1.26 bits per heavy atom. The van der Waals surface area contributed by atoms with Crippen molar-refractivity contribution in [2.75, 3.05) is 0 Å². The van der Waals surface area contributed by atoms with Crippen molar-refractivity contribution in [3.8, 4) is 90.1 Å². The number of para-hydroxylation sites is 1. The van der Waals surface area contributed by atoms with Crippen LogP contribution >= 0.6 is 0 Å². The maximum absolute atomic E-state index is 6.76. The molecule has 5 heteroatoms. The third kappa shape index (κ3) is 6.94. The van der Waals surface area contributed by atoms with E-state index in [1.165, 1.54) is 0 Å². The zero-order chi connectivity index (χ0) is 40.5. The standard InChI is InChI=1S/C56H36N4O/c1-5-16-38(17-6-1)48-35-50(59-55(57-48)41-20-9-3-10-21-41)40-30-28-37(29-31-40)45-32-33-47-46-26-13-14-27-52(46)61-54(47)53(45)44-25-15-24-43(34-44)51-36-49(39-18-7-2-8-19-39)58-56(60-51)42-22-11-4-12-23-42/h1-36H. The molecule has 0 spiro atoms. The van der Waals surface area contributed by atoms with Gasteiger partial charge in [-0.15, -0.1) is 0 Å². The normalized spacial score (nSPS) is 11.3. The number of aromatic nitrogens is 4. The Kier molecular flexibility index (Phi) is 9.10. The van der Waals surface area contributed by atoms with E-state index in [1.807, 2.05) is 84.9 Å². The Bertz CT molecular complexity index is 3210. The van der Waals surface area contributed by atoms with Gasteiger partial charge in [-0.1, -0.05) is 188 Å². The molecule has 0 amide bonds. The summed E-state index contributed by atoms with van der Waals surface area (Å²) >= 11 is 0. The van der Waals surface area contributed by atoms with Crippen molar-refractivity contribution in [1.82, 2.24) is 19.9 Å². The molecule has 0 aliphatic rings. The summed E-state index contributed by atoms with van der Waals surface area (Å²) in [6.07, 6.45) is 0. The number of rotatable bonds is 8. The number of nitrogens with zero attached hydrogens (tertiary/aromatic N) is 4. The summed E-state index contributed by atoms with van der Waals surface area (Å²) in [5.41, 5.74) is 15.3. The summed E-state index contributed by atoms with van der Waals surface area (Å²) in [6.45, 7) is 0. The van der Waals surface area contributed by atoms with Gasteiger partial charge in [0.2, 0.25) is 0 Å². The van der Waals surface area contributed by atoms with E-state index < -0.39 is 0 Å². The van der Waals surface area contributed by atoms with Gasteiger partial charge < -0.3 is 4.42 Å². The van der Waals surface area contributed by atoms with Crippen LogP contribution in [-0.2, 0) is 0 Å². The monoisotopic (exact) mass is 780 g/mol.